The Bertz CT molecular complexity index is 897. The van der Waals surface area contributed by atoms with E-state index in [1.807, 2.05) is 0 Å². The summed E-state index contributed by atoms with van der Waals surface area (Å²) in [5.74, 6) is -1.17. The van der Waals surface area contributed by atoms with E-state index in [1.54, 1.807) is 48.5 Å². The number of methoxy groups -OCH3 is 1. The van der Waals surface area contributed by atoms with E-state index in [4.69, 9.17) is 4.74 Å². The van der Waals surface area contributed by atoms with Crippen LogP contribution in [0.15, 0.2) is 54.6 Å². The molecule has 0 heterocycles. The van der Waals surface area contributed by atoms with Crippen molar-refractivity contribution < 1.29 is 22.7 Å². The molecule has 1 atom stereocenters. The van der Waals surface area contributed by atoms with Crippen LogP contribution in [-0.4, -0.2) is 39.7 Å². The zero-order valence-corrected chi connectivity index (χ0v) is 15.5. The van der Waals surface area contributed by atoms with Gasteiger partial charge in [-0.05, 0) is 31.2 Å². The lowest BCUT2D eigenvalue weighted by Gasteiger charge is -2.28. The molecule has 26 heavy (non-hydrogen) atoms. The summed E-state index contributed by atoms with van der Waals surface area (Å²) in [6.07, 6.45) is 1.03. The Balaban J connectivity index is 2.33. The summed E-state index contributed by atoms with van der Waals surface area (Å²) in [4.78, 5) is 24.5. The standard InChI is InChI=1S/C18H20N2O5S/c1-13(20(26(3,23)24)14-9-5-4-6-10-14)17(21)19-16-12-8-7-11-15(16)18(22)25-2/h4-13H,1-3H3,(H,19,21)/t13-/m0/s1. The zero-order valence-electron chi connectivity index (χ0n) is 14.7. The van der Waals surface area contributed by atoms with Crippen LogP contribution in [0.2, 0.25) is 0 Å². The Morgan fingerprint density at radius 2 is 1.62 bits per heavy atom. The molecular weight excluding hydrogens is 356 g/mol. The highest BCUT2D eigenvalue weighted by molar-refractivity contribution is 7.92. The normalized spacial score (nSPS) is 12.1. The number of carbonyl (C=O) groups is 2. The molecule has 0 aliphatic heterocycles. The average molecular weight is 376 g/mol. The van der Waals surface area contributed by atoms with Gasteiger partial charge in [0.1, 0.15) is 6.04 Å². The Hall–Kier alpha value is -2.87. The molecule has 0 saturated heterocycles. The van der Waals surface area contributed by atoms with Crippen LogP contribution in [0, 0.1) is 0 Å². The van der Waals surface area contributed by atoms with Gasteiger partial charge in [0.25, 0.3) is 0 Å². The summed E-state index contributed by atoms with van der Waals surface area (Å²) in [6, 6.07) is 13.6. The highest BCUT2D eigenvalue weighted by Crippen LogP contribution is 2.22. The van der Waals surface area contributed by atoms with E-state index in [0.29, 0.717) is 5.69 Å². The number of carbonyl (C=O) groups excluding carboxylic acids is 2. The third-order valence-electron chi connectivity index (χ3n) is 3.69. The third-order valence-corrected chi connectivity index (χ3v) is 4.93. The molecule has 8 heteroatoms. The predicted molar refractivity (Wildman–Crippen MR) is 99.6 cm³/mol. The summed E-state index contributed by atoms with van der Waals surface area (Å²) in [7, 11) is -2.46. The number of hydrogen-bond acceptors (Lipinski definition) is 5. The highest BCUT2D eigenvalue weighted by Gasteiger charge is 2.29. The molecule has 0 fully saturated rings. The molecule has 0 radical (unpaired) electrons. The number of amides is 1. The maximum absolute atomic E-state index is 12.7. The Morgan fingerprint density at radius 3 is 2.19 bits per heavy atom. The average Bonchev–Trinajstić information content (AvgIpc) is 2.61. The van der Waals surface area contributed by atoms with Gasteiger partial charge in [0.05, 0.1) is 30.3 Å². The smallest absolute Gasteiger partial charge is 0.339 e. The van der Waals surface area contributed by atoms with Crippen LogP contribution in [0.3, 0.4) is 0 Å². The molecule has 2 aromatic rings. The van der Waals surface area contributed by atoms with Crippen molar-refractivity contribution in [3.05, 3.63) is 60.2 Å². The summed E-state index contributed by atoms with van der Waals surface area (Å²) < 4.78 is 30.2. The van der Waals surface area contributed by atoms with Crippen LogP contribution in [0.1, 0.15) is 17.3 Å². The number of ether oxygens (including phenoxy) is 1. The molecular formula is C18H20N2O5S. The van der Waals surface area contributed by atoms with E-state index in [-0.39, 0.29) is 11.3 Å². The van der Waals surface area contributed by atoms with Crippen molar-refractivity contribution in [3.8, 4) is 0 Å². The number of sulfonamides is 1. The number of nitrogens with zero attached hydrogens (tertiary/aromatic N) is 1. The first-order valence-electron chi connectivity index (χ1n) is 7.78. The second-order valence-corrected chi connectivity index (χ2v) is 7.46. The summed E-state index contributed by atoms with van der Waals surface area (Å²) >= 11 is 0. The Labute approximate surface area is 152 Å². The van der Waals surface area contributed by atoms with E-state index in [0.717, 1.165) is 10.6 Å². The largest absolute Gasteiger partial charge is 0.465 e. The first-order valence-corrected chi connectivity index (χ1v) is 9.63. The summed E-state index contributed by atoms with van der Waals surface area (Å²) in [5.41, 5.74) is 0.804. The molecule has 0 unspecified atom stereocenters. The van der Waals surface area contributed by atoms with Gasteiger partial charge in [-0.3, -0.25) is 9.10 Å². The van der Waals surface area contributed by atoms with Gasteiger partial charge >= 0.3 is 5.97 Å². The maximum Gasteiger partial charge on any atom is 0.339 e. The second kappa shape index (κ2) is 8.01. The van der Waals surface area contributed by atoms with Crippen LogP contribution in [-0.2, 0) is 19.6 Å². The monoisotopic (exact) mass is 376 g/mol. The van der Waals surface area contributed by atoms with Crippen LogP contribution < -0.4 is 9.62 Å². The third kappa shape index (κ3) is 4.40. The predicted octanol–water partition coefficient (Wildman–Crippen LogP) is 2.27. The second-order valence-electron chi connectivity index (χ2n) is 5.60. The lowest BCUT2D eigenvalue weighted by atomic mass is 10.1. The topological polar surface area (TPSA) is 92.8 Å². The lowest BCUT2D eigenvalue weighted by molar-refractivity contribution is -0.116. The van der Waals surface area contributed by atoms with Crippen molar-refractivity contribution in [2.24, 2.45) is 0 Å². The molecule has 2 rings (SSSR count). The SMILES string of the molecule is COC(=O)c1ccccc1NC(=O)[C@H](C)N(c1ccccc1)S(C)(=O)=O. The molecule has 1 N–H and O–H groups in total. The van der Waals surface area contributed by atoms with Crippen LogP contribution >= 0.6 is 0 Å². The molecule has 1 amide bonds. The van der Waals surface area contributed by atoms with E-state index in [1.165, 1.54) is 20.1 Å². The maximum atomic E-state index is 12.7. The Morgan fingerprint density at radius 1 is 1.04 bits per heavy atom. The van der Waals surface area contributed by atoms with Gasteiger partial charge < -0.3 is 10.1 Å². The number of para-hydroxylation sites is 2. The fourth-order valence-electron chi connectivity index (χ4n) is 2.50. The van der Waals surface area contributed by atoms with Gasteiger partial charge in [-0.25, -0.2) is 13.2 Å². The minimum atomic E-state index is -3.70. The number of rotatable bonds is 6. The van der Waals surface area contributed by atoms with Crippen molar-refractivity contribution in [2.45, 2.75) is 13.0 Å². The van der Waals surface area contributed by atoms with E-state index < -0.39 is 27.9 Å². The molecule has 138 valence electrons. The molecule has 0 aromatic heterocycles. The van der Waals surface area contributed by atoms with Crippen LogP contribution in [0.5, 0.6) is 0 Å². The minimum Gasteiger partial charge on any atom is -0.465 e. The highest BCUT2D eigenvalue weighted by atomic mass is 32.2. The summed E-state index contributed by atoms with van der Waals surface area (Å²) in [5, 5.41) is 2.60. The number of benzene rings is 2. The van der Waals surface area contributed by atoms with E-state index in [2.05, 4.69) is 5.32 Å². The number of anilines is 2. The zero-order chi connectivity index (χ0) is 19.3. The van der Waals surface area contributed by atoms with E-state index >= 15 is 0 Å². The molecule has 7 nitrogen and oxygen atoms in total. The fourth-order valence-corrected chi connectivity index (χ4v) is 3.68. The van der Waals surface area contributed by atoms with Gasteiger partial charge in [-0.2, -0.15) is 0 Å². The van der Waals surface area contributed by atoms with Crippen molar-refractivity contribution in [2.75, 3.05) is 23.0 Å². The molecule has 2 aromatic carbocycles. The molecule has 0 spiro atoms. The quantitative estimate of drug-likeness (QED) is 0.781. The van der Waals surface area contributed by atoms with Gasteiger partial charge in [0, 0.05) is 0 Å². The van der Waals surface area contributed by atoms with Crippen LogP contribution in [0.4, 0.5) is 11.4 Å². The van der Waals surface area contributed by atoms with Gasteiger partial charge in [-0.15, -0.1) is 0 Å². The lowest BCUT2D eigenvalue weighted by Crippen LogP contribution is -2.45. The van der Waals surface area contributed by atoms with E-state index in [9.17, 15) is 18.0 Å². The van der Waals surface area contributed by atoms with Crippen LogP contribution in [0.25, 0.3) is 0 Å². The van der Waals surface area contributed by atoms with Gasteiger partial charge in [-0.1, -0.05) is 30.3 Å². The van der Waals surface area contributed by atoms with Crippen molar-refractivity contribution >= 4 is 33.3 Å². The van der Waals surface area contributed by atoms with Crippen molar-refractivity contribution in [1.82, 2.24) is 0 Å². The molecule has 0 saturated carbocycles. The van der Waals surface area contributed by atoms with Crippen molar-refractivity contribution in [3.63, 3.8) is 0 Å². The summed E-state index contributed by atoms with van der Waals surface area (Å²) in [6.45, 7) is 1.48. The number of nitrogens with one attached hydrogen (secondary N) is 1. The Kier molecular flexibility index (Phi) is 5.99. The minimum absolute atomic E-state index is 0.182. The first-order chi connectivity index (χ1) is 12.3. The molecule has 0 bridgehead atoms. The molecule has 0 aliphatic carbocycles. The first kappa shape index (κ1) is 19.5. The van der Waals surface area contributed by atoms with Crippen molar-refractivity contribution in [1.29, 1.82) is 0 Å². The fraction of sp³-hybridized carbons (Fsp3) is 0.222. The van der Waals surface area contributed by atoms with Gasteiger partial charge in [0.15, 0.2) is 0 Å². The number of hydrogen-bond donors (Lipinski definition) is 1. The van der Waals surface area contributed by atoms with Gasteiger partial charge in [0.2, 0.25) is 15.9 Å². The molecule has 0 aliphatic rings. The number of esters is 1.